The minimum Gasteiger partial charge on any atom is -0.490 e. The van der Waals surface area contributed by atoms with Crippen LogP contribution in [0, 0.1) is 0 Å². The minimum atomic E-state index is -0.252. The van der Waals surface area contributed by atoms with E-state index in [9.17, 15) is 4.79 Å². The lowest BCUT2D eigenvalue weighted by Gasteiger charge is -2.17. The van der Waals surface area contributed by atoms with E-state index < -0.39 is 0 Å². The van der Waals surface area contributed by atoms with Gasteiger partial charge in [0.05, 0.1) is 23.7 Å². The summed E-state index contributed by atoms with van der Waals surface area (Å²) in [6.45, 7) is 6.63. The molecule has 1 atom stereocenters. The van der Waals surface area contributed by atoms with Crippen LogP contribution in [0.3, 0.4) is 0 Å². The number of rotatable bonds is 9. The molecule has 1 heterocycles. The molecule has 4 aromatic rings. The Morgan fingerprint density at radius 2 is 1.82 bits per heavy atom. The van der Waals surface area contributed by atoms with Crippen LogP contribution in [-0.2, 0) is 6.61 Å². The van der Waals surface area contributed by atoms with Crippen LogP contribution in [0.2, 0.25) is 10.0 Å². The first-order valence-electron chi connectivity index (χ1n) is 12.0. The second-order valence-corrected chi connectivity index (χ2v) is 11.1. The highest BCUT2D eigenvalue weighted by Gasteiger charge is 2.19. The molecule has 38 heavy (non-hydrogen) atoms. The van der Waals surface area contributed by atoms with Gasteiger partial charge in [-0.2, -0.15) is 9.78 Å². The maximum Gasteiger partial charge on any atom is 0.282 e. The quantitative estimate of drug-likeness (QED) is 0.166. The Morgan fingerprint density at radius 1 is 1.08 bits per heavy atom. The molecule has 0 aliphatic rings. The molecule has 0 aliphatic heterocycles. The van der Waals surface area contributed by atoms with Crippen molar-refractivity contribution in [1.29, 1.82) is 0 Å². The Morgan fingerprint density at radius 3 is 2.50 bits per heavy atom. The summed E-state index contributed by atoms with van der Waals surface area (Å²) < 4.78 is 14.6. The molecule has 0 spiro atoms. The van der Waals surface area contributed by atoms with Gasteiger partial charge in [0.15, 0.2) is 11.5 Å². The van der Waals surface area contributed by atoms with Gasteiger partial charge in [-0.3, -0.25) is 4.79 Å². The molecular formula is C28H25Br2Cl2N3O3. The summed E-state index contributed by atoms with van der Waals surface area (Å²) in [4.78, 5) is 18.2. The highest BCUT2D eigenvalue weighted by Crippen LogP contribution is 2.42. The topological polar surface area (TPSA) is 65.7 Å². The van der Waals surface area contributed by atoms with Gasteiger partial charge >= 0.3 is 0 Å². The maximum atomic E-state index is 13.5. The molecule has 0 radical (unpaired) electrons. The SMILES string of the molecule is CCOc1cc(C=Nn2c([C@H](C)CC)nc3ccc(Br)cc3c2=O)c(Br)c(Cl)c1OCc1ccc(Cl)cc1. The van der Waals surface area contributed by atoms with Crippen LogP contribution >= 0.6 is 55.1 Å². The molecule has 0 unspecified atom stereocenters. The zero-order valence-electron chi connectivity index (χ0n) is 21.0. The predicted molar refractivity (Wildman–Crippen MR) is 162 cm³/mol. The molecule has 0 aliphatic carbocycles. The maximum absolute atomic E-state index is 13.5. The Hall–Kier alpha value is -2.39. The number of nitrogens with zero attached hydrogens (tertiary/aromatic N) is 3. The monoisotopic (exact) mass is 679 g/mol. The van der Waals surface area contributed by atoms with Crippen LogP contribution in [0.25, 0.3) is 10.9 Å². The van der Waals surface area contributed by atoms with E-state index in [0.29, 0.717) is 54.9 Å². The molecule has 4 rings (SSSR count). The largest absolute Gasteiger partial charge is 0.490 e. The second kappa shape index (κ2) is 12.6. The van der Waals surface area contributed by atoms with Crippen molar-refractivity contribution >= 4 is 72.2 Å². The zero-order chi connectivity index (χ0) is 27.4. The van der Waals surface area contributed by atoms with Crippen molar-refractivity contribution in [3.05, 3.63) is 94.8 Å². The van der Waals surface area contributed by atoms with Gasteiger partial charge in [-0.05, 0) is 71.2 Å². The average Bonchev–Trinajstić information content (AvgIpc) is 2.91. The van der Waals surface area contributed by atoms with Crippen LogP contribution in [0.5, 0.6) is 11.5 Å². The van der Waals surface area contributed by atoms with Crippen LogP contribution in [0.4, 0.5) is 0 Å². The minimum absolute atomic E-state index is 0.0163. The van der Waals surface area contributed by atoms with E-state index in [2.05, 4.69) is 37.0 Å². The molecule has 0 saturated heterocycles. The van der Waals surface area contributed by atoms with Crippen LogP contribution in [-0.4, -0.2) is 22.5 Å². The summed E-state index contributed by atoms with van der Waals surface area (Å²) in [6.07, 6.45) is 2.37. The number of hydrogen-bond acceptors (Lipinski definition) is 5. The molecule has 0 fully saturated rings. The summed E-state index contributed by atoms with van der Waals surface area (Å²) in [6, 6.07) is 14.6. The van der Waals surface area contributed by atoms with Gasteiger partial charge in [0, 0.05) is 25.4 Å². The Kier molecular flexibility index (Phi) is 9.52. The number of halogens is 4. The molecule has 3 aromatic carbocycles. The summed E-state index contributed by atoms with van der Waals surface area (Å²) in [5, 5.41) is 6.02. The number of benzene rings is 3. The van der Waals surface area contributed by atoms with Gasteiger partial charge in [-0.25, -0.2) is 4.98 Å². The molecular weight excluding hydrogens is 657 g/mol. The van der Waals surface area contributed by atoms with E-state index in [4.69, 9.17) is 37.7 Å². The number of fused-ring (bicyclic) bond motifs is 1. The first-order chi connectivity index (χ1) is 18.2. The highest BCUT2D eigenvalue weighted by molar-refractivity contribution is 9.10. The normalized spacial score (nSPS) is 12.3. The summed E-state index contributed by atoms with van der Waals surface area (Å²) in [7, 11) is 0. The molecule has 10 heteroatoms. The molecule has 0 saturated carbocycles. The van der Waals surface area contributed by atoms with Gasteiger partial charge < -0.3 is 9.47 Å². The number of ether oxygens (including phenoxy) is 2. The second-order valence-electron chi connectivity index (χ2n) is 8.57. The Bertz CT molecular complexity index is 1560. The van der Waals surface area contributed by atoms with Gasteiger partial charge in [-0.15, -0.1) is 0 Å². The van der Waals surface area contributed by atoms with E-state index >= 15 is 0 Å². The lowest BCUT2D eigenvalue weighted by atomic mass is 10.1. The average molecular weight is 682 g/mol. The fourth-order valence-electron chi connectivity index (χ4n) is 3.73. The third-order valence-electron chi connectivity index (χ3n) is 5.95. The molecule has 6 nitrogen and oxygen atoms in total. The Balaban J connectivity index is 1.76. The van der Waals surface area contributed by atoms with Crippen LogP contribution < -0.4 is 15.0 Å². The lowest BCUT2D eigenvalue weighted by molar-refractivity contribution is 0.269. The first-order valence-corrected chi connectivity index (χ1v) is 14.4. The third-order valence-corrected chi connectivity index (χ3v) is 8.14. The fourth-order valence-corrected chi connectivity index (χ4v) is 4.87. The zero-order valence-corrected chi connectivity index (χ0v) is 25.7. The molecule has 1 aromatic heterocycles. The van der Waals surface area contributed by atoms with Crippen molar-refractivity contribution in [2.75, 3.05) is 6.61 Å². The third kappa shape index (κ3) is 6.25. The van der Waals surface area contributed by atoms with Gasteiger partial charge in [-0.1, -0.05) is 65.1 Å². The smallest absolute Gasteiger partial charge is 0.282 e. The van der Waals surface area contributed by atoms with Gasteiger partial charge in [0.25, 0.3) is 5.56 Å². The van der Waals surface area contributed by atoms with Crippen LogP contribution in [0.1, 0.15) is 50.1 Å². The van der Waals surface area contributed by atoms with Crippen molar-refractivity contribution in [2.24, 2.45) is 5.10 Å². The highest BCUT2D eigenvalue weighted by atomic mass is 79.9. The molecule has 0 bridgehead atoms. The van der Waals surface area contributed by atoms with Crippen molar-refractivity contribution in [3.8, 4) is 11.5 Å². The van der Waals surface area contributed by atoms with Crippen molar-refractivity contribution in [2.45, 2.75) is 39.7 Å². The Labute approximate surface area is 247 Å². The van der Waals surface area contributed by atoms with Gasteiger partial charge in [0.2, 0.25) is 0 Å². The summed E-state index contributed by atoms with van der Waals surface area (Å²) in [5.74, 6) is 1.47. The summed E-state index contributed by atoms with van der Waals surface area (Å²) in [5.41, 5.74) is 1.93. The molecule has 0 N–H and O–H groups in total. The van der Waals surface area contributed by atoms with Crippen molar-refractivity contribution < 1.29 is 9.47 Å². The number of hydrogen-bond donors (Lipinski definition) is 0. The van der Waals surface area contributed by atoms with E-state index in [-0.39, 0.29) is 18.1 Å². The van der Waals surface area contributed by atoms with E-state index in [0.717, 1.165) is 16.5 Å². The molecule has 0 amide bonds. The lowest BCUT2D eigenvalue weighted by Crippen LogP contribution is -2.23. The van der Waals surface area contributed by atoms with Gasteiger partial charge in [0.1, 0.15) is 17.5 Å². The first kappa shape index (κ1) is 28.6. The fraction of sp³-hybridized carbons (Fsp3) is 0.250. The van der Waals surface area contributed by atoms with Crippen molar-refractivity contribution in [1.82, 2.24) is 9.66 Å². The van der Waals surface area contributed by atoms with Crippen molar-refractivity contribution in [3.63, 3.8) is 0 Å². The number of aromatic nitrogens is 2. The predicted octanol–water partition coefficient (Wildman–Crippen LogP) is 8.60. The molecule has 198 valence electrons. The van der Waals surface area contributed by atoms with E-state index in [1.807, 2.05) is 45.0 Å². The van der Waals surface area contributed by atoms with Crippen LogP contribution in [0.15, 0.2) is 67.4 Å². The van der Waals surface area contributed by atoms with E-state index in [1.54, 1.807) is 30.5 Å². The summed E-state index contributed by atoms with van der Waals surface area (Å²) >= 11 is 19.7. The van der Waals surface area contributed by atoms with E-state index in [1.165, 1.54) is 4.68 Å². The standard InChI is InChI=1S/C28H25Br2Cl2N3O3/c1-4-16(3)27-34-22-11-8-19(29)13-21(22)28(36)35(27)33-14-18-12-23(37-5-2)26(25(32)24(18)30)38-15-17-6-9-20(31)10-7-17/h6-14,16H,4-5,15H2,1-3H3/t16-/m1/s1.